The van der Waals surface area contributed by atoms with Crippen molar-refractivity contribution in [2.24, 2.45) is 5.92 Å². The Hall–Kier alpha value is -0.440. The van der Waals surface area contributed by atoms with Gasteiger partial charge in [0, 0.05) is 31.6 Å². The van der Waals surface area contributed by atoms with Crippen LogP contribution in [0.15, 0.2) is 20.1 Å². The molecule has 8 heteroatoms. The molecule has 1 aromatic rings. The minimum absolute atomic E-state index is 0.0431. The number of sulfonamides is 1. The molecule has 26 heavy (non-hydrogen) atoms. The summed E-state index contributed by atoms with van der Waals surface area (Å²) < 4.78 is 28.2. The van der Waals surface area contributed by atoms with Gasteiger partial charge in [-0.25, -0.2) is 8.42 Å². The molecule has 2 aliphatic rings. The first-order valence-electron chi connectivity index (χ1n) is 9.49. The molecule has 146 valence electrons. The third kappa shape index (κ3) is 4.34. The van der Waals surface area contributed by atoms with Gasteiger partial charge in [-0.2, -0.15) is 4.31 Å². The summed E-state index contributed by atoms with van der Waals surface area (Å²) in [4.78, 5) is 15.1. The highest BCUT2D eigenvalue weighted by Crippen LogP contribution is 2.32. The number of rotatable bonds is 5. The summed E-state index contributed by atoms with van der Waals surface area (Å²) in [5.74, 6) is 0.189. The fourth-order valence-electron chi connectivity index (χ4n) is 4.13. The zero-order valence-electron chi connectivity index (χ0n) is 15.2. The van der Waals surface area contributed by atoms with E-state index in [4.69, 9.17) is 0 Å². The van der Waals surface area contributed by atoms with Crippen LogP contribution in [0.25, 0.3) is 0 Å². The number of hydrogen-bond donors (Lipinski definition) is 0. The Bertz CT molecular complexity index is 721. The van der Waals surface area contributed by atoms with Crippen LogP contribution in [0.1, 0.15) is 51.9 Å². The Morgan fingerprint density at radius 1 is 1.19 bits per heavy atom. The Balaban J connectivity index is 1.61. The van der Waals surface area contributed by atoms with Crippen LogP contribution in [-0.2, 0) is 14.8 Å². The second-order valence-corrected chi connectivity index (χ2v) is 11.8. The van der Waals surface area contributed by atoms with Gasteiger partial charge in [0.05, 0.1) is 3.79 Å². The van der Waals surface area contributed by atoms with E-state index in [1.807, 2.05) is 0 Å². The molecule has 1 aromatic heterocycles. The van der Waals surface area contributed by atoms with E-state index in [1.54, 1.807) is 12.1 Å². The Kier molecular flexibility index (Phi) is 6.80. The van der Waals surface area contributed by atoms with Gasteiger partial charge in [-0.1, -0.05) is 19.3 Å². The molecule has 3 rings (SSSR count). The zero-order valence-corrected chi connectivity index (χ0v) is 18.4. The summed E-state index contributed by atoms with van der Waals surface area (Å²) in [6, 6.07) is 3.78. The van der Waals surface area contributed by atoms with Crippen molar-refractivity contribution in [1.82, 2.24) is 9.21 Å². The van der Waals surface area contributed by atoms with E-state index in [9.17, 15) is 13.2 Å². The molecule has 0 spiro atoms. The molecule has 5 nitrogen and oxygen atoms in total. The number of halogens is 1. The molecule has 2 fully saturated rings. The molecule has 0 atom stereocenters. The fraction of sp³-hybridized carbons (Fsp3) is 0.722. The molecule has 0 radical (unpaired) electrons. The van der Waals surface area contributed by atoms with E-state index in [0.717, 1.165) is 23.2 Å². The Morgan fingerprint density at radius 2 is 1.85 bits per heavy atom. The largest absolute Gasteiger partial charge is 0.340 e. The van der Waals surface area contributed by atoms with Crippen LogP contribution in [0.2, 0.25) is 0 Å². The van der Waals surface area contributed by atoms with E-state index >= 15 is 0 Å². The van der Waals surface area contributed by atoms with Crippen LogP contribution in [0.3, 0.4) is 0 Å². The van der Waals surface area contributed by atoms with Crippen LogP contribution in [0.5, 0.6) is 0 Å². The molecule has 1 aliphatic heterocycles. The molecule has 2 heterocycles. The Morgan fingerprint density at radius 3 is 2.38 bits per heavy atom. The maximum atomic E-state index is 13.0. The molecule has 1 amide bonds. The minimum atomic E-state index is -3.44. The van der Waals surface area contributed by atoms with Crippen LogP contribution in [0.4, 0.5) is 0 Å². The lowest BCUT2D eigenvalue weighted by molar-refractivity contribution is -0.139. The molecule has 0 unspecified atom stereocenters. The summed E-state index contributed by atoms with van der Waals surface area (Å²) in [5.41, 5.74) is 0. The van der Waals surface area contributed by atoms with Crippen molar-refractivity contribution in [3.63, 3.8) is 0 Å². The van der Waals surface area contributed by atoms with Crippen molar-refractivity contribution in [2.75, 3.05) is 19.6 Å². The lowest BCUT2D eigenvalue weighted by atomic mass is 9.91. The topological polar surface area (TPSA) is 57.7 Å². The van der Waals surface area contributed by atoms with E-state index in [-0.39, 0.29) is 11.8 Å². The van der Waals surface area contributed by atoms with Crippen LogP contribution < -0.4 is 0 Å². The second-order valence-electron chi connectivity index (χ2n) is 7.15. The summed E-state index contributed by atoms with van der Waals surface area (Å²) in [6.07, 6.45) is 7.15. The summed E-state index contributed by atoms with van der Waals surface area (Å²) in [7, 11) is -3.44. The second kappa shape index (κ2) is 8.71. The number of thiophene rings is 1. The van der Waals surface area contributed by atoms with E-state index < -0.39 is 10.0 Å². The summed E-state index contributed by atoms with van der Waals surface area (Å²) in [6.45, 7) is 3.67. The number of piperidine rings is 1. The van der Waals surface area contributed by atoms with Crippen LogP contribution >= 0.6 is 27.3 Å². The SMILES string of the molecule is CCN(C(=O)C1CCN(S(=O)(=O)c2ccc(Br)s2)CC1)C1CCCCC1. The normalized spacial score (nSPS) is 21.0. The van der Waals surface area contributed by atoms with Gasteiger partial charge in [-0.05, 0) is 60.7 Å². The number of carbonyl (C=O) groups is 1. The fourth-order valence-corrected chi connectivity index (χ4v) is 7.76. The first kappa shape index (κ1) is 20.3. The van der Waals surface area contributed by atoms with Gasteiger partial charge in [0.25, 0.3) is 10.0 Å². The maximum Gasteiger partial charge on any atom is 0.252 e. The average Bonchev–Trinajstić information content (AvgIpc) is 3.10. The highest BCUT2D eigenvalue weighted by molar-refractivity contribution is 9.11. The van der Waals surface area contributed by atoms with Crippen molar-refractivity contribution in [1.29, 1.82) is 0 Å². The van der Waals surface area contributed by atoms with Crippen molar-refractivity contribution >= 4 is 43.2 Å². The monoisotopic (exact) mass is 462 g/mol. The third-order valence-corrected chi connectivity index (χ3v) is 9.57. The van der Waals surface area contributed by atoms with Crippen molar-refractivity contribution < 1.29 is 13.2 Å². The quantitative estimate of drug-likeness (QED) is 0.661. The molecule has 1 saturated heterocycles. The standard InChI is InChI=1S/C18H27BrN2O3S2/c1-2-21(15-6-4-3-5-7-15)18(22)14-10-12-20(13-11-14)26(23,24)17-9-8-16(19)25-17/h8-9,14-15H,2-7,10-13H2,1H3. The van der Waals surface area contributed by atoms with E-state index in [1.165, 1.54) is 34.9 Å². The highest BCUT2D eigenvalue weighted by Gasteiger charge is 2.35. The first-order chi connectivity index (χ1) is 12.4. The van der Waals surface area contributed by atoms with Gasteiger partial charge in [0.2, 0.25) is 5.91 Å². The van der Waals surface area contributed by atoms with Gasteiger partial charge in [-0.15, -0.1) is 11.3 Å². The van der Waals surface area contributed by atoms with Gasteiger partial charge >= 0.3 is 0 Å². The molecule has 1 aliphatic carbocycles. The van der Waals surface area contributed by atoms with Crippen molar-refractivity contribution in [3.8, 4) is 0 Å². The minimum Gasteiger partial charge on any atom is -0.340 e. The predicted octanol–water partition coefficient (Wildman–Crippen LogP) is 4.09. The van der Waals surface area contributed by atoms with Crippen molar-refractivity contribution in [2.45, 2.75) is 62.1 Å². The van der Waals surface area contributed by atoms with Crippen LogP contribution in [0, 0.1) is 5.92 Å². The smallest absolute Gasteiger partial charge is 0.252 e. The highest BCUT2D eigenvalue weighted by atomic mass is 79.9. The van der Waals surface area contributed by atoms with Gasteiger partial charge < -0.3 is 4.90 Å². The molecule has 0 N–H and O–H groups in total. The van der Waals surface area contributed by atoms with E-state index in [2.05, 4.69) is 27.8 Å². The van der Waals surface area contributed by atoms with Gasteiger partial charge in [0.1, 0.15) is 4.21 Å². The zero-order chi connectivity index (χ0) is 18.7. The third-order valence-electron chi connectivity index (χ3n) is 5.59. The lowest BCUT2D eigenvalue weighted by Crippen LogP contribution is -2.48. The summed E-state index contributed by atoms with van der Waals surface area (Å²) >= 11 is 4.56. The molecule has 0 aromatic carbocycles. The first-order valence-corrected chi connectivity index (χ1v) is 12.5. The number of nitrogens with zero attached hydrogens (tertiary/aromatic N) is 2. The lowest BCUT2D eigenvalue weighted by Gasteiger charge is -2.38. The van der Waals surface area contributed by atoms with E-state index in [0.29, 0.717) is 36.2 Å². The maximum absolute atomic E-state index is 13.0. The molecular weight excluding hydrogens is 436 g/mol. The molecule has 1 saturated carbocycles. The van der Waals surface area contributed by atoms with Gasteiger partial charge in [0.15, 0.2) is 0 Å². The molecular formula is C18H27BrN2O3S2. The van der Waals surface area contributed by atoms with Crippen LogP contribution in [-0.4, -0.2) is 49.2 Å². The van der Waals surface area contributed by atoms with Crippen molar-refractivity contribution in [3.05, 3.63) is 15.9 Å². The average molecular weight is 463 g/mol. The Labute approximate surface area is 168 Å². The summed E-state index contributed by atoms with van der Waals surface area (Å²) in [5, 5.41) is 0. The number of hydrogen-bond acceptors (Lipinski definition) is 4. The number of carbonyl (C=O) groups excluding carboxylic acids is 1. The van der Waals surface area contributed by atoms with Gasteiger partial charge in [-0.3, -0.25) is 4.79 Å². The predicted molar refractivity (Wildman–Crippen MR) is 108 cm³/mol. The molecule has 0 bridgehead atoms. The number of amides is 1.